The van der Waals surface area contributed by atoms with E-state index in [0.717, 1.165) is 5.56 Å². The number of hydrogen-bond donors (Lipinski definition) is 2. The molecule has 24 heavy (non-hydrogen) atoms. The highest BCUT2D eigenvalue weighted by atomic mass is 16.5. The van der Waals surface area contributed by atoms with Crippen LogP contribution in [0.1, 0.15) is 29.8 Å². The quantitative estimate of drug-likeness (QED) is 0.909. The number of fused-ring (bicyclic) bond motifs is 1. The van der Waals surface area contributed by atoms with Crippen LogP contribution in [0.3, 0.4) is 0 Å². The number of carbonyl (C=O) groups excluding carboxylic acids is 2. The van der Waals surface area contributed by atoms with E-state index in [1.165, 1.54) is 0 Å². The molecule has 0 aliphatic carbocycles. The maximum atomic E-state index is 12.6. The number of para-hydroxylation sites is 2. The lowest BCUT2D eigenvalue weighted by molar-refractivity contribution is -0.118. The molecule has 0 spiro atoms. The Balaban J connectivity index is 1.76. The van der Waals surface area contributed by atoms with Crippen molar-refractivity contribution in [3.05, 3.63) is 59.7 Å². The number of anilines is 1. The summed E-state index contributed by atoms with van der Waals surface area (Å²) in [5.74, 6) is 0.143. The van der Waals surface area contributed by atoms with E-state index in [2.05, 4.69) is 10.6 Å². The molecule has 0 fully saturated rings. The average Bonchev–Trinajstić information content (AvgIpc) is 2.56. The van der Waals surface area contributed by atoms with Crippen LogP contribution in [0.4, 0.5) is 5.69 Å². The van der Waals surface area contributed by atoms with Crippen LogP contribution in [-0.2, 0) is 11.2 Å². The minimum absolute atomic E-state index is 0.00399. The molecule has 124 valence electrons. The van der Waals surface area contributed by atoms with E-state index in [4.69, 9.17) is 4.74 Å². The van der Waals surface area contributed by atoms with Gasteiger partial charge in [-0.1, -0.05) is 30.3 Å². The first-order chi connectivity index (χ1) is 11.5. The Bertz CT molecular complexity index is 771. The highest BCUT2D eigenvalue weighted by molar-refractivity contribution is 6.04. The standard InChI is InChI=1S/C19H20N2O3/c1-12(2)24-17-10-6-5-9-15(17)20-19(23)16-11-13-7-3-4-8-14(13)18(22)21-16/h3-10,12,16H,11H2,1-2H3,(H,20,23)(H,21,22). The molecule has 1 aliphatic heterocycles. The van der Waals surface area contributed by atoms with Gasteiger partial charge in [-0.3, -0.25) is 9.59 Å². The zero-order chi connectivity index (χ0) is 17.1. The molecular weight excluding hydrogens is 304 g/mol. The highest BCUT2D eigenvalue weighted by Gasteiger charge is 2.29. The molecule has 3 rings (SSSR count). The van der Waals surface area contributed by atoms with E-state index < -0.39 is 6.04 Å². The minimum atomic E-state index is -0.598. The number of benzene rings is 2. The third-order valence-corrected chi connectivity index (χ3v) is 3.82. The second kappa shape index (κ2) is 6.74. The zero-order valence-electron chi connectivity index (χ0n) is 13.7. The second-order valence-corrected chi connectivity index (χ2v) is 6.04. The van der Waals surface area contributed by atoms with Gasteiger partial charge in [0.15, 0.2) is 0 Å². The molecule has 5 nitrogen and oxygen atoms in total. The Morgan fingerprint density at radius 1 is 1.17 bits per heavy atom. The molecule has 2 aromatic carbocycles. The highest BCUT2D eigenvalue weighted by Crippen LogP contribution is 2.25. The molecule has 0 saturated carbocycles. The molecule has 2 amide bonds. The van der Waals surface area contributed by atoms with Crippen molar-refractivity contribution in [1.82, 2.24) is 5.32 Å². The molecule has 0 bridgehead atoms. The van der Waals surface area contributed by atoms with E-state index in [9.17, 15) is 9.59 Å². The van der Waals surface area contributed by atoms with Gasteiger partial charge in [0.1, 0.15) is 11.8 Å². The maximum Gasteiger partial charge on any atom is 0.252 e. The lowest BCUT2D eigenvalue weighted by Crippen LogP contribution is -2.48. The summed E-state index contributed by atoms with van der Waals surface area (Å²) in [7, 11) is 0. The van der Waals surface area contributed by atoms with Gasteiger partial charge in [-0.2, -0.15) is 0 Å². The summed E-state index contributed by atoms with van der Waals surface area (Å²) >= 11 is 0. The van der Waals surface area contributed by atoms with Crippen molar-refractivity contribution in [1.29, 1.82) is 0 Å². The molecule has 0 saturated heterocycles. The molecular formula is C19H20N2O3. The van der Waals surface area contributed by atoms with Crippen LogP contribution in [0.15, 0.2) is 48.5 Å². The lowest BCUT2D eigenvalue weighted by atomic mass is 9.95. The molecule has 1 aliphatic rings. The fourth-order valence-corrected chi connectivity index (χ4v) is 2.73. The topological polar surface area (TPSA) is 67.4 Å². The Labute approximate surface area is 141 Å². The van der Waals surface area contributed by atoms with Crippen LogP contribution < -0.4 is 15.4 Å². The molecule has 1 heterocycles. The van der Waals surface area contributed by atoms with Crippen LogP contribution in [0.5, 0.6) is 5.75 Å². The van der Waals surface area contributed by atoms with E-state index in [-0.39, 0.29) is 17.9 Å². The number of nitrogens with one attached hydrogen (secondary N) is 2. The summed E-state index contributed by atoms with van der Waals surface area (Å²) in [4.78, 5) is 24.7. The first kappa shape index (κ1) is 16.1. The zero-order valence-corrected chi connectivity index (χ0v) is 13.7. The lowest BCUT2D eigenvalue weighted by Gasteiger charge is -2.25. The number of carbonyl (C=O) groups is 2. The van der Waals surface area contributed by atoms with E-state index in [0.29, 0.717) is 23.4 Å². The van der Waals surface area contributed by atoms with Crippen molar-refractivity contribution >= 4 is 17.5 Å². The largest absolute Gasteiger partial charge is 0.489 e. The second-order valence-electron chi connectivity index (χ2n) is 6.04. The third-order valence-electron chi connectivity index (χ3n) is 3.82. The van der Waals surface area contributed by atoms with Crippen LogP contribution in [0, 0.1) is 0 Å². The van der Waals surface area contributed by atoms with Crippen molar-refractivity contribution in [3.63, 3.8) is 0 Å². The molecule has 1 atom stereocenters. The Morgan fingerprint density at radius 3 is 2.67 bits per heavy atom. The van der Waals surface area contributed by atoms with Crippen molar-refractivity contribution < 1.29 is 14.3 Å². The fourth-order valence-electron chi connectivity index (χ4n) is 2.73. The van der Waals surface area contributed by atoms with E-state index >= 15 is 0 Å². The van der Waals surface area contributed by atoms with Gasteiger partial charge in [-0.25, -0.2) is 0 Å². The minimum Gasteiger partial charge on any atom is -0.489 e. The first-order valence-electron chi connectivity index (χ1n) is 8.00. The summed E-state index contributed by atoms with van der Waals surface area (Å²) in [5.41, 5.74) is 2.11. The predicted molar refractivity (Wildman–Crippen MR) is 92.2 cm³/mol. The molecule has 2 aromatic rings. The number of amides is 2. The number of rotatable bonds is 4. The first-order valence-corrected chi connectivity index (χ1v) is 8.00. The van der Waals surface area contributed by atoms with Crippen molar-refractivity contribution in [2.75, 3.05) is 5.32 Å². The Morgan fingerprint density at radius 2 is 1.88 bits per heavy atom. The van der Waals surface area contributed by atoms with Gasteiger partial charge in [0.25, 0.3) is 5.91 Å². The van der Waals surface area contributed by atoms with Gasteiger partial charge >= 0.3 is 0 Å². The molecule has 5 heteroatoms. The Hall–Kier alpha value is -2.82. The summed E-state index contributed by atoms with van der Waals surface area (Å²) in [6.07, 6.45) is 0.477. The third kappa shape index (κ3) is 3.40. The molecule has 2 N–H and O–H groups in total. The van der Waals surface area contributed by atoms with Crippen LogP contribution >= 0.6 is 0 Å². The van der Waals surface area contributed by atoms with E-state index in [1.807, 2.05) is 50.2 Å². The summed E-state index contributed by atoms with van der Waals surface area (Å²) in [6.45, 7) is 3.85. The summed E-state index contributed by atoms with van der Waals surface area (Å²) in [5, 5.41) is 5.62. The average molecular weight is 324 g/mol. The van der Waals surface area contributed by atoms with Crippen LogP contribution in [0.2, 0.25) is 0 Å². The van der Waals surface area contributed by atoms with Gasteiger partial charge in [-0.05, 0) is 37.6 Å². The smallest absolute Gasteiger partial charge is 0.252 e. The van der Waals surface area contributed by atoms with Gasteiger partial charge in [0, 0.05) is 12.0 Å². The maximum absolute atomic E-state index is 12.6. The van der Waals surface area contributed by atoms with E-state index in [1.54, 1.807) is 12.1 Å². The Kier molecular flexibility index (Phi) is 4.51. The number of hydrogen-bond acceptors (Lipinski definition) is 3. The van der Waals surface area contributed by atoms with Crippen molar-refractivity contribution in [2.24, 2.45) is 0 Å². The fraction of sp³-hybridized carbons (Fsp3) is 0.263. The summed E-state index contributed by atoms with van der Waals surface area (Å²) in [6, 6.07) is 14.0. The van der Waals surface area contributed by atoms with Gasteiger partial charge in [0.2, 0.25) is 5.91 Å². The van der Waals surface area contributed by atoms with Gasteiger partial charge < -0.3 is 15.4 Å². The molecule has 0 radical (unpaired) electrons. The molecule has 0 aromatic heterocycles. The van der Waals surface area contributed by atoms with Gasteiger partial charge in [0.05, 0.1) is 11.8 Å². The summed E-state index contributed by atoms with van der Waals surface area (Å²) < 4.78 is 5.71. The molecule has 1 unspecified atom stereocenters. The van der Waals surface area contributed by atoms with Crippen LogP contribution in [-0.4, -0.2) is 24.0 Å². The normalized spacial score (nSPS) is 16.3. The van der Waals surface area contributed by atoms with Crippen LogP contribution in [0.25, 0.3) is 0 Å². The van der Waals surface area contributed by atoms with Crippen molar-refractivity contribution in [2.45, 2.75) is 32.4 Å². The SMILES string of the molecule is CC(C)Oc1ccccc1NC(=O)C1Cc2ccccc2C(=O)N1. The van der Waals surface area contributed by atoms with Gasteiger partial charge in [-0.15, -0.1) is 0 Å². The number of ether oxygens (including phenoxy) is 1. The monoisotopic (exact) mass is 324 g/mol. The predicted octanol–water partition coefficient (Wildman–Crippen LogP) is 2.77. The van der Waals surface area contributed by atoms with Crippen molar-refractivity contribution in [3.8, 4) is 5.75 Å².